The predicted molar refractivity (Wildman–Crippen MR) is 51.9 cm³/mol. The highest BCUT2D eigenvalue weighted by Crippen LogP contribution is 2.14. The van der Waals surface area contributed by atoms with E-state index in [1.807, 2.05) is 25.1 Å². The topological polar surface area (TPSA) is 58.6 Å². The van der Waals surface area contributed by atoms with Gasteiger partial charge in [-0.25, -0.2) is 0 Å². The third kappa shape index (κ3) is 1.54. The Morgan fingerprint density at radius 1 is 1.36 bits per heavy atom. The van der Waals surface area contributed by atoms with Crippen LogP contribution in [-0.4, -0.2) is 21.5 Å². The Morgan fingerprint density at radius 3 is 2.86 bits per heavy atom. The molecule has 14 heavy (non-hydrogen) atoms. The van der Waals surface area contributed by atoms with Crippen molar-refractivity contribution < 1.29 is 4.79 Å². The van der Waals surface area contributed by atoms with E-state index in [-0.39, 0.29) is 0 Å². The summed E-state index contributed by atoms with van der Waals surface area (Å²) in [5, 5.41) is 6.59. The molecule has 0 aliphatic heterocycles. The van der Waals surface area contributed by atoms with E-state index in [1.54, 1.807) is 6.07 Å². The number of carbonyl (C=O) groups is 1. The highest BCUT2D eigenvalue weighted by atomic mass is 16.1. The van der Waals surface area contributed by atoms with Gasteiger partial charge in [0.1, 0.15) is 5.69 Å². The number of H-pyrrole nitrogens is 1. The molecule has 0 bridgehead atoms. The summed E-state index contributed by atoms with van der Waals surface area (Å²) in [5.74, 6) is 0. The second kappa shape index (κ2) is 3.41. The van der Waals surface area contributed by atoms with Crippen molar-refractivity contribution in [3.63, 3.8) is 0 Å². The summed E-state index contributed by atoms with van der Waals surface area (Å²) in [5.41, 5.74) is 2.85. The lowest BCUT2D eigenvalue weighted by atomic mass is 10.2. The Hall–Kier alpha value is -1.97. The molecule has 0 unspecified atom stereocenters. The molecule has 0 aliphatic rings. The van der Waals surface area contributed by atoms with Gasteiger partial charge in [0.15, 0.2) is 6.29 Å². The highest BCUT2D eigenvalue weighted by Gasteiger charge is 2.03. The molecule has 2 heterocycles. The van der Waals surface area contributed by atoms with Crippen LogP contribution in [0.3, 0.4) is 0 Å². The minimum Gasteiger partial charge on any atom is -0.296 e. The van der Waals surface area contributed by atoms with Gasteiger partial charge in [0.05, 0.1) is 11.4 Å². The Kier molecular flexibility index (Phi) is 2.10. The number of pyridine rings is 1. The van der Waals surface area contributed by atoms with E-state index >= 15 is 0 Å². The van der Waals surface area contributed by atoms with Gasteiger partial charge in [0.25, 0.3) is 0 Å². The van der Waals surface area contributed by atoms with Crippen LogP contribution in [0.2, 0.25) is 0 Å². The predicted octanol–water partition coefficient (Wildman–Crippen LogP) is 1.59. The van der Waals surface area contributed by atoms with Crippen molar-refractivity contribution >= 4 is 6.29 Å². The van der Waals surface area contributed by atoms with Gasteiger partial charge in [-0.3, -0.25) is 14.9 Å². The summed E-state index contributed by atoms with van der Waals surface area (Å²) in [6.45, 7) is 1.91. The summed E-state index contributed by atoms with van der Waals surface area (Å²) >= 11 is 0. The van der Waals surface area contributed by atoms with Crippen LogP contribution < -0.4 is 0 Å². The average Bonchev–Trinajstić information content (AvgIpc) is 2.66. The fourth-order valence-electron chi connectivity index (χ4n) is 1.21. The molecule has 0 fully saturated rings. The second-order valence-corrected chi connectivity index (χ2v) is 2.99. The first-order chi connectivity index (χ1) is 6.79. The lowest BCUT2D eigenvalue weighted by Crippen LogP contribution is -1.85. The summed E-state index contributed by atoms with van der Waals surface area (Å²) in [7, 11) is 0. The van der Waals surface area contributed by atoms with Crippen LogP contribution in [-0.2, 0) is 0 Å². The van der Waals surface area contributed by atoms with Gasteiger partial charge in [-0.05, 0) is 25.1 Å². The summed E-state index contributed by atoms with van der Waals surface area (Å²) in [6, 6.07) is 7.36. The van der Waals surface area contributed by atoms with Gasteiger partial charge in [-0.1, -0.05) is 6.07 Å². The molecule has 0 saturated carbocycles. The number of aromatic amines is 1. The number of hydrogen-bond donors (Lipinski definition) is 1. The van der Waals surface area contributed by atoms with Gasteiger partial charge in [0, 0.05) is 5.69 Å². The van der Waals surface area contributed by atoms with Gasteiger partial charge in [-0.2, -0.15) is 5.10 Å². The first-order valence-corrected chi connectivity index (χ1v) is 4.24. The lowest BCUT2D eigenvalue weighted by molar-refractivity contribution is 0.111. The minimum absolute atomic E-state index is 0.461. The Labute approximate surface area is 81.0 Å². The Bertz CT molecular complexity index is 462. The van der Waals surface area contributed by atoms with Crippen LogP contribution in [0.25, 0.3) is 11.4 Å². The first-order valence-electron chi connectivity index (χ1n) is 4.24. The van der Waals surface area contributed by atoms with Gasteiger partial charge >= 0.3 is 0 Å². The monoisotopic (exact) mass is 187 g/mol. The maximum absolute atomic E-state index is 10.4. The van der Waals surface area contributed by atoms with Gasteiger partial charge in [-0.15, -0.1) is 0 Å². The number of nitrogens with one attached hydrogen (secondary N) is 1. The minimum atomic E-state index is 0.461. The molecule has 0 aliphatic carbocycles. The highest BCUT2D eigenvalue weighted by molar-refractivity contribution is 5.74. The lowest BCUT2D eigenvalue weighted by Gasteiger charge is -1.95. The summed E-state index contributed by atoms with van der Waals surface area (Å²) in [4.78, 5) is 14.7. The van der Waals surface area contributed by atoms with E-state index in [0.717, 1.165) is 17.7 Å². The summed E-state index contributed by atoms with van der Waals surface area (Å²) in [6.07, 6.45) is 0.728. The van der Waals surface area contributed by atoms with Crippen molar-refractivity contribution in [2.45, 2.75) is 6.92 Å². The van der Waals surface area contributed by atoms with Crippen LogP contribution in [0.15, 0.2) is 24.3 Å². The van der Waals surface area contributed by atoms with Gasteiger partial charge < -0.3 is 0 Å². The van der Waals surface area contributed by atoms with Gasteiger partial charge in [0.2, 0.25) is 0 Å². The third-order valence-corrected chi connectivity index (χ3v) is 1.88. The summed E-state index contributed by atoms with van der Waals surface area (Å²) < 4.78 is 0. The number of aldehydes is 1. The number of carbonyl (C=O) groups excluding carboxylic acids is 1. The van der Waals surface area contributed by atoms with E-state index < -0.39 is 0 Å². The fraction of sp³-hybridized carbons (Fsp3) is 0.100. The maximum atomic E-state index is 10.4. The molecule has 2 aromatic heterocycles. The normalized spacial score (nSPS) is 10.1. The fourth-order valence-corrected chi connectivity index (χ4v) is 1.21. The standard InChI is InChI=1S/C10H9N3O/c1-7-3-2-4-9(11-7)10-5-8(6-14)12-13-10/h2-6H,1H3,(H,12,13). The maximum Gasteiger partial charge on any atom is 0.167 e. The van der Waals surface area contributed by atoms with E-state index in [2.05, 4.69) is 15.2 Å². The molecule has 4 heteroatoms. The molecule has 0 atom stereocenters. The number of aromatic nitrogens is 3. The SMILES string of the molecule is Cc1cccc(-c2cc(C=O)[nH]n2)n1. The zero-order valence-corrected chi connectivity index (χ0v) is 7.69. The third-order valence-electron chi connectivity index (χ3n) is 1.88. The Morgan fingerprint density at radius 2 is 2.21 bits per heavy atom. The van der Waals surface area contributed by atoms with Crippen molar-refractivity contribution in [3.8, 4) is 11.4 Å². The van der Waals surface area contributed by atoms with Crippen LogP contribution in [0, 0.1) is 6.92 Å². The molecule has 0 aromatic carbocycles. The molecule has 0 radical (unpaired) electrons. The Balaban J connectivity index is 2.43. The number of nitrogens with zero attached hydrogens (tertiary/aromatic N) is 2. The largest absolute Gasteiger partial charge is 0.296 e. The van der Waals surface area contributed by atoms with E-state index in [4.69, 9.17) is 0 Å². The van der Waals surface area contributed by atoms with Crippen molar-refractivity contribution in [1.82, 2.24) is 15.2 Å². The molecule has 2 rings (SSSR count). The van der Waals surface area contributed by atoms with Crippen molar-refractivity contribution in [3.05, 3.63) is 35.7 Å². The van der Waals surface area contributed by atoms with Crippen LogP contribution >= 0.6 is 0 Å². The van der Waals surface area contributed by atoms with E-state index in [1.165, 1.54) is 0 Å². The first kappa shape index (κ1) is 8.62. The van der Waals surface area contributed by atoms with Crippen molar-refractivity contribution in [1.29, 1.82) is 0 Å². The smallest absolute Gasteiger partial charge is 0.167 e. The molecule has 2 aromatic rings. The second-order valence-electron chi connectivity index (χ2n) is 2.99. The molecule has 0 spiro atoms. The number of rotatable bonds is 2. The van der Waals surface area contributed by atoms with Crippen molar-refractivity contribution in [2.24, 2.45) is 0 Å². The van der Waals surface area contributed by atoms with E-state index in [0.29, 0.717) is 11.4 Å². The molecule has 1 N–H and O–H groups in total. The zero-order valence-electron chi connectivity index (χ0n) is 7.69. The molecule has 0 amide bonds. The number of aryl methyl sites for hydroxylation is 1. The average molecular weight is 187 g/mol. The molecule has 0 saturated heterocycles. The molecule has 70 valence electrons. The quantitative estimate of drug-likeness (QED) is 0.726. The molecular formula is C10H9N3O. The van der Waals surface area contributed by atoms with Crippen molar-refractivity contribution in [2.75, 3.05) is 0 Å². The van der Waals surface area contributed by atoms with E-state index in [9.17, 15) is 4.79 Å². The van der Waals surface area contributed by atoms with Crippen LogP contribution in [0.5, 0.6) is 0 Å². The van der Waals surface area contributed by atoms with Crippen LogP contribution in [0.1, 0.15) is 16.2 Å². The molecule has 4 nitrogen and oxygen atoms in total. The van der Waals surface area contributed by atoms with Crippen LogP contribution in [0.4, 0.5) is 0 Å². The molecular weight excluding hydrogens is 178 g/mol. The zero-order chi connectivity index (χ0) is 9.97. The number of hydrogen-bond acceptors (Lipinski definition) is 3.